The molecule has 3 aromatic carbocycles. The van der Waals surface area contributed by atoms with Gasteiger partial charge in [0.1, 0.15) is 11.4 Å². The Morgan fingerprint density at radius 2 is 0.763 bits per heavy atom. The van der Waals surface area contributed by atoms with Crippen LogP contribution < -0.4 is 33.7 Å². The van der Waals surface area contributed by atoms with Crippen LogP contribution >= 0.6 is 45.2 Å². The van der Waals surface area contributed by atoms with Crippen molar-refractivity contribution in [1.82, 2.24) is 82.0 Å². The zero-order valence-electron chi connectivity index (χ0n) is 71.7. The quantitative estimate of drug-likeness (QED) is 0.0462. The van der Waals surface area contributed by atoms with E-state index in [2.05, 4.69) is 52.5 Å². The summed E-state index contributed by atoms with van der Waals surface area (Å²) in [5.41, 5.74) is 5.27. The number of piperazine rings is 3. The number of carbonyl (C=O) groups is 6. The maximum absolute atomic E-state index is 15.8. The molecule has 8 aliphatic rings. The van der Waals surface area contributed by atoms with Crippen LogP contribution in [0.5, 0.6) is 0 Å². The van der Waals surface area contributed by atoms with Crippen molar-refractivity contribution in [2.24, 2.45) is 5.92 Å². The molecule has 7 aliphatic heterocycles. The molecule has 40 heteroatoms. The number of amides is 6. The highest BCUT2D eigenvalue weighted by Crippen LogP contribution is 2.38. The van der Waals surface area contributed by atoms with Crippen molar-refractivity contribution in [1.29, 1.82) is 0 Å². The molecule has 3 saturated heterocycles. The van der Waals surface area contributed by atoms with Gasteiger partial charge in [-0.05, 0) is 175 Å². The average molecular weight is 2010 g/mol. The van der Waals surface area contributed by atoms with Crippen LogP contribution in [0.3, 0.4) is 0 Å². The monoisotopic (exact) mass is 2010 g/mol. The molecule has 15 heterocycles. The smallest absolute Gasteiger partial charge is 0.394 e. The average Bonchev–Trinajstić information content (AvgIpc) is 1.58. The predicted molar refractivity (Wildman–Crippen MR) is 499 cm³/mol. The molecule has 3 N–H and O–H groups in total. The second-order valence-corrected chi connectivity index (χ2v) is 36.0. The number of nitrogens with zero attached hydrogens (tertiary/aromatic N) is 16. The lowest BCUT2D eigenvalue weighted by Crippen LogP contribution is -2.51. The fraction of sp³-hybridized carbons (Fsp3) is 0.308. The first-order valence-corrected chi connectivity index (χ1v) is 45.3. The highest BCUT2D eigenvalue weighted by Gasteiger charge is 2.54. The summed E-state index contributed by atoms with van der Waals surface area (Å²) in [7, 11) is 0. The number of nitrogens with one attached hydrogen (secondary N) is 3. The third-order valence-corrected chi connectivity index (χ3v) is 27.3. The molecule has 674 valence electrons. The van der Waals surface area contributed by atoms with E-state index in [4.69, 9.17) is 0 Å². The van der Waals surface area contributed by atoms with Gasteiger partial charge in [-0.25, -0.2) is 18.8 Å². The third-order valence-electron chi connectivity index (χ3n) is 25.5. The minimum absolute atomic E-state index is 0.0151. The topological polar surface area (TPSA) is 341 Å². The standard InChI is InChI=1S/C33H31BF3N7O4.C33H31BF2IN7O4.C25H26IN5O4/c1-20-15-21(2)43-29(20)17-24-8-7-23(44(24)34(43,36)37)9-10-30(45)40-11-13-41(14-12-40)32(47)26-16-22(38-18-27(26)35)19-42-28-6-4-3-5-25(28)31(46)39-33(42)48;1-20-15-21(2)43-29(20)17-24-8-7-23(44(24)34(43,35)36)9-10-30(45)40-11-13-41(14-12-40)32(47)26-16-22(38-18-27(26)37)19-42-28-6-4-3-5-25(28)31(46)39-33(42)48;26-20-14-27-17(15-31-21-8-4-3-7-18(21)22(32)28-25(31)35)13-19(20)24(34)30-11-9-29(10-12-30)23(33)16-5-1-2-6-16/h2*3-8,15-18H,9-14,19H2,1-2H3,(H,39,46,48);3-4,7-8,13-14,16H,1-2,5-6,9-12,15H2,(H,28,32,35). The predicted octanol–water partition coefficient (Wildman–Crippen LogP) is 8.79. The van der Waals surface area contributed by atoms with Crippen molar-refractivity contribution in [3.05, 3.63) is 301 Å². The summed E-state index contributed by atoms with van der Waals surface area (Å²) in [5, 5.41) is 1.09. The Labute approximate surface area is 770 Å². The fourth-order valence-electron chi connectivity index (χ4n) is 18.8. The number of benzene rings is 3. The van der Waals surface area contributed by atoms with E-state index >= 15 is 17.3 Å². The Morgan fingerprint density at radius 1 is 0.435 bits per heavy atom. The van der Waals surface area contributed by atoms with E-state index in [-0.39, 0.29) is 118 Å². The normalized spacial score (nSPS) is 16.7. The molecule has 6 amide bonds. The summed E-state index contributed by atoms with van der Waals surface area (Å²) in [6, 6.07) is 28.4. The van der Waals surface area contributed by atoms with E-state index in [9.17, 15) is 61.9 Å². The van der Waals surface area contributed by atoms with Crippen LogP contribution in [-0.2, 0) is 34.0 Å². The molecule has 1 aliphatic carbocycles. The summed E-state index contributed by atoms with van der Waals surface area (Å²) in [6.07, 6.45) is 18.8. The summed E-state index contributed by atoms with van der Waals surface area (Å²) in [5.74, 6) is -1.74. The van der Waals surface area contributed by atoms with Crippen molar-refractivity contribution in [3.63, 3.8) is 0 Å². The number of allylic oxidation sites excluding steroid dienone is 4. The van der Waals surface area contributed by atoms with E-state index in [0.29, 0.717) is 157 Å². The number of aryl methyl sites for hydroxylation is 4. The van der Waals surface area contributed by atoms with Crippen molar-refractivity contribution in [2.45, 2.75) is 98.7 Å². The Balaban J connectivity index is 0.000000139. The Bertz CT molecular complexity index is 6900. The number of carbonyl (C=O) groups excluding carboxylic acids is 6. The van der Waals surface area contributed by atoms with Crippen molar-refractivity contribution >= 4 is 151 Å². The highest BCUT2D eigenvalue weighted by molar-refractivity contribution is 14.1. The second kappa shape index (κ2) is 36.7. The van der Waals surface area contributed by atoms with Gasteiger partial charge in [0.2, 0.25) is 17.7 Å². The van der Waals surface area contributed by atoms with Crippen LogP contribution in [0, 0.1) is 46.6 Å². The van der Waals surface area contributed by atoms with Crippen LogP contribution in [0.2, 0.25) is 0 Å². The summed E-state index contributed by atoms with van der Waals surface area (Å²) < 4.78 is 87.6. The lowest BCUT2D eigenvalue weighted by molar-refractivity contribution is -0.363. The molecule has 11 aromatic rings. The zero-order chi connectivity index (χ0) is 92.3. The zero-order valence-corrected chi connectivity index (χ0v) is 76.0. The van der Waals surface area contributed by atoms with E-state index < -0.39 is 59.4 Å². The number of fused-ring (bicyclic) bond motifs is 7. The van der Waals surface area contributed by atoms with Gasteiger partial charge >= 0.3 is 31.0 Å². The van der Waals surface area contributed by atoms with Crippen LogP contribution in [-0.4, -0.2) is 230 Å². The van der Waals surface area contributed by atoms with Gasteiger partial charge in [-0.3, -0.25) is 86.8 Å². The van der Waals surface area contributed by atoms with Gasteiger partial charge in [0.25, 0.3) is 34.4 Å². The maximum atomic E-state index is 15.8. The summed E-state index contributed by atoms with van der Waals surface area (Å²) >= 11 is 4.14. The number of hydrogen-bond donors (Lipinski definition) is 3. The number of aromatic amines is 3. The first-order valence-electron chi connectivity index (χ1n) is 43.1. The van der Waals surface area contributed by atoms with Crippen LogP contribution in [0.4, 0.5) is 21.7 Å². The van der Waals surface area contributed by atoms with Gasteiger partial charge < -0.3 is 64.6 Å². The van der Waals surface area contributed by atoms with Gasteiger partial charge in [-0.1, -0.05) is 49.2 Å². The number of aromatic nitrogens is 11. The number of para-hydroxylation sites is 3. The SMILES string of the molecule is Cc1cc(C)n2c1C=C1C=CC(CCC(=O)N3CCN(C(=O)c4cc(Cn5c(=O)[nH]c(=O)c6ccccc65)ncc4F)CC3)=[N+]1[B-]2(F)F.Cc1cc(C)n2c1C=C1C=CC(CCC(=O)N3CCN(C(=O)c4cc(Cn5c(=O)[nH]c(=O)c6ccccc65)ncc4I)CC3)=[N+]1[B-]2(F)F.O=C(c1cc(Cn2c(=O)[nH]c(=O)c3ccccc32)ncc1I)N1CCN(C(=O)C2CCCC2)CC1. The van der Waals surface area contributed by atoms with Crippen LogP contribution in [0.15, 0.2) is 186 Å². The first-order chi connectivity index (χ1) is 62.8. The van der Waals surface area contributed by atoms with Crippen LogP contribution in [0.25, 0.3) is 44.9 Å². The molecule has 0 radical (unpaired) electrons. The Kier molecular flexibility index (Phi) is 25.1. The molecule has 19 rings (SSSR count). The molecular formula is C91H88B2F5I2N19O12. The van der Waals surface area contributed by atoms with E-state index in [1.807, 2.05) is 34.4 Å². The molecule has 1 saturated carbocycles. The summed E-state index contributed by atoms with van der Waals surface area (Å²) in [4.78, 5) is 184. The van der Waals surface area contributed by atoms with Crippen LogP contribution in [0.1, 0.15) is 133 Å². The van der Waals surface area contributed by atoms with Gasteiger partial charge in [0, 0.05) is 178 Å². The lowest BCUT2D eigenvalue weighted by atomic mass is 9.90. The maximum Gasteiger partial charge on any atom is 0.737 e. The molecule has 0 bridgehead atoms. The largest absolute Gasteiger partial charge is 0.737 e. The molecule has 0 atom stereocenters. The molecule has 131 heavy (non-hydrogen) atoms. The van der Waals surface area contributed by atoms with E-state index in [1.54, 1.807) is 186 Å². The van der Waals surface area contributed by atoms with Gasteiger partial charge in [0.15, 0.2) is 17.2 Å². The minimum atomic E-state index is -4.12. The van der Waals surface area contributed by atoms with Gasteiger partial charge in [-0.15, -0.1) is 0 Å². The number of rotatable bonds is 16. The highest BCUT2D eigenvalue weighted by atomic mass is 127. The number of H-pyrrole nitrogens is 3. The molecule has 0 spiro atoms. The molecular weight excluding hydrogens is 1920 g/mol. The van der Waals surface area contributed by atoms with Crippen molar-refractivity contribution < 1.29 is 59.4 Å². The van der Waals surface area contributed by atoms with Gasteiger partial charge in [-0.2, -0.15) is 0 Å². The number of halogens is 7. The second-order valence-electron chi connectivity index (χ2n) is 33.7. The third kappa shape index (κ3) is 17.6. The molecule has 8 aromatic heterocycles. The molecule has 0 unspecified atom stereocenters. The molecule has 31 nitrogen and oxygen atoms in total. The Morgan fingerprint density at radius 3 is 1.14 bits per heavy atom. The Hall–Kier alpha value is -13.2. The molecule has 4 fully saturated rings. The number of hydrogen-bond acceptors (Lipinski definition) is 15. The minimum Gasteiger partial charge on any atom is -0.394 e. The summed E-state index contributed by atoms with van der Waals surface area (Å²) in [6.45, 7) is 2.88. The first kappa shape index (κ1) is 89.8. The lowest BCUT2D eigenvalue weighted by Gasteiger charge is -2.36. The van der Waals surface area contributed by atoms with E-state index in [1.165, 1.54) is 24.7 Å². The fourth-order valence-corrected chi connectivity index (χ4v) is 19.9. The van der Waals surface area contributed by atoms with Gasteiger partial charge in [0.05, 0.1) is 92.3 Å². The number of pyridine rings is 3. The van der Waals surface area contributed by atoms with Crippen molar-refractivity contribution in [2.75, 3.05) is 78.5 Å². The van der Waals surface area contributed by atoms with Crippen molar-refractivity contribution in [3.8, 4) is 0 Å². The van der Waals surface area contributed by atoms with E-state index in [0.717, 1.165) is 64.5 Å².